The number of hydrogen-bond donors (Lipinski definition) is 0. The fourth-order valence-electron chi connectivity index (χ4n) is 9.72. The van der Waals surface area contributed by atoms with Crippen molar-refractivity contribution < 1.29 is 0 Å². The first-order valence-electron chi connectivity index (χ1n) is 22.8. The predicted octanol–water partition coefficient (Wildman–Crippen LogP) is 16.7. The molecule has 3 aliphatic rings. The molecule has 0 spiro atoms. The van der Waals surface area contributed by atoms with Crippen molar-refractivity contribution in [2.24, 2.45) is 11.3 Å². The zero-order valence-corrected chi connectivity index (χ0v) is 36.8. The largest absolute Gasteiger partial charge is 0.335 e. The summed E-state index contributed by atoms with van der Waals surface area (Å²) in [5.41, 5.74) is 17.1. The van der Waals surface area contributed by atoms with E-state index in [1.54, 1.807) is 0 Å². The summed E-state index contributed by atoms with van der Waals surface area (Å²) in [6, 6.07) is 68.1. The molecule has 0 amide bonds. The highest BCUT2D eigenvalue weighted by Crippen LogP contribution is 2.45. The van der Waals surface area contributed by atoms with Gasteiger partial charge >= 0.3 is 0 Å². The van der Waals surface area contributed by atoms with E-state index in [0.717, 1.165) is 36.3 Å². The van der Waals surface area contributed by atoms with Crippen LogP contribution in [0.3, 0.4) is 0 Å². The first-order chi connectivity index (χ1) is 31.5. The lowest BCUT2D eigenvalue weighted by Gasteiger charge is -2.39. The third-order valence-corrected chi connectivity index (χ3v) is 13.3. The molecule has 0 N–H and O–H groups in total. The molecule has 0 saturated heterocycles. The Morgan fingerprint density at radius 2 is 0.922 bits per heavy atom. The first kappa shape index (κ1) is 40.6. The van der Waals surface area contributed by atoms with Gasteiger partial charge in [-0.1, -0.05) is 208 Å². The first-order valence-corrected chi connectivity index (χ1v) is 22.8. The van der Waals surface area contributed by atoms with Crippen LogP contribution in [0.2, 0.25) is 0 Å². The minimum Gasteiger partial charge on any atom is -0.335 e. The maximum absolute atomic E-state index is 2.54. The Labute approximate surface area is 379 Å². The van der Waals surface area contributed by atoms with Crippen molar-refractivity contribution in [3.8, 4) is 33.4 Å². The van der Waals surface area contributed by atoms with E-state index in [-0.39, 0.29) is 11.5 Å². The highest BCUT2D eigenvalue weighted by molar-refractivity contribution is 5.82. The molecule has 3 unspecified atom stereocenters. The zero-order valence-electron chi connectivity index (χ0n) is 36.8. The Balaban J connectivity index is 0.923. The van der Waals surface area contributed by atoms with E-state index in [4.69, 9.17) is 0 Å². The summed E-state index contributed by atoms with van der Waals surface area (Å²) in [7, 11) is 0. The third kappa shape index (κ3) is 8.52. The van der Waals surface area contributed by atoms with Crippen molar-refractivity contribution in [3.63, 3.8) is 0 Å². The quantitative estimate of drug-likeness (QED) is 0.128. The van der Waals surface area contributed by atoms with Crippen LogP contribution < -0.4 is 9.80 Å². The lowest BCUT2D eigenvalue weighted by molar-refractivity contribution is 0.443. The summed E-state index contributed by atoms with van der Waals surface area (Å²) in [4.78, 5) is 4.90. The summed E-state index contributed by atoms with van der Waals surface area (Å²) in [6.45, 7) is 4.77. The molecule has 2 heteroatoms. The molecule has 312 valence electrons. The van der Waals surface area contributed by atoms with Gasteiger partial charge in [0.15, 0.2) is 0 Å². The van der Waals surface area contributed by atoms with E-state index in [9.17, 15) is 0 Å². The van der Waals surface area contributed by atoms with E-state index >= 15 is 0 Å². The molecular weight excluding hydrogens is 773 g/mol. The molecular formula is C62H54N2. The Hall–Kier alpha value is -7.42. The Morgan fingerprint density at radius 3 is 1.34 bits per heavy atom. The van der Waals surface area contributed by atoms with Gasteiger partial charge in [0.1, 0.15) is 0 Å². The van der Waals surface area contributed by atoms with Crippen molar-refractivity contribution in [2.75, 3.05) is 9.80 Å². The van der Waals surface area contributed by atoms with Gasteiger partial charge in [0, 0.05) is 33.9 Å². The van der Waals surface area contributed by atoms with Gasteiger partial charge in [-0.15, -0.1) is 0 Å². The molecule has 64 heavy (non-hydrogen) atoms. The second-order valence-corrected chi connectivity index (χ2v) is 17.6. The molecule has 3 aliphatic carbocycles. The van der Waals surface area contributed by atoms with Gasteiger partial charge in [0.05, 0.1) is 6.04 Å². The third-order valence-electron chi connectivity index (χ3n) is 13.3. The molecule has 10 rings (SSSR count). The molecule has 7 aromatic rings. The summed E-state index contributed by atoms with van der Waals surface area (Å²) >= 11 is 0. The SMILES string of the molecule is CC1CC=CC=C1C1(C)C=CC(N(c2ccc(-c3ccccc3)cc2)C2C=CC(c3ccc(N(c4ccc(-c5ccccc5)cc4)c4ccc(-c5ccccc5)cc4)cc3)=CC2)=CC1. The molecule has 0 bridgehead atoms. The maximum Gasteiger partial charge on any atom is 0.0560 e. The van der Waals surface area contributed by atoms with Crippen molar-refractivity contribution >= 4 is 28.3 Å². The van der Waals surface area contributed by atoms with E-state index < -0.39 is 0 Å². The van der Waals surface area contributed by atoms with Crippen LogP contribution in [0.15, 0.2) is 254 Å². The van der Waals surface area contributed by atoms with Crippen LogP contribution in [0.25, 0.3) is 39.0 Å². The van der Waals surface area contributed by atoms with E-state index in [2.05, 4.69) is 266 Å². The number of rotatable bonds is 11. The van der Waals surface area contributed by atoms with E-state index in [1.165, 1.54) is 61.5 Å². The van der Waals surface area contributed by atoms with Gasteiger partial charge in [-0.25, -0.2) is 0 Å². The van der Waals surface area contributed by atoms with Crippen molar-refractivity contribution in [1.82, 2.24) is 0 Å². The average molecular weight is 827 g/mol. The Bertz CT molecular complexity index is 2800. The fourth-order valence-corrected chi connectivity index (χ4v) is 9.72. The van der Waals surface area contributed by atoms with Crippen molar-refractivity contribution in [1.29, 1.82) is 0 Å². The molecule has 3 atom stereocenters. The Kier molecular flexibility index (Phi) is 11.5. The number of allylic oxidation sites excluding steroid dienone is 9. The van der Waals surface area contributed by atoms with Crippen LogP contribution in [-0.4, -0.2) is 6.04 Å². The molecule has 0 fully saturated rings. The molecule has 0 aromatic heterocycles. The number of hydrogen-bond acceptors (Lipinski definition) is 2. The second-order valence-electron chi connectivity index (χ2n) is 17.6. The van der Waals surface area contributed by atoms with Crippen molar-refractivity contribution in [2.45, 2.75) is 39.2 Å². The highest BCUT2D eigenvalue weighted by Gasteiger charge is 2.32. The number of anilines is 4. The van der Waals surface area contributed by atoms with Gasteiger partial charge in [0.25, 0.3) is 0 Å². The molecule has 0 heterocycles. The van der Waals surface area contributed by atoms with E-state index in [1.807, 2.05) is 0 Å². The molecule has 0 aliphatic heterocycles. The highest BCUT2D eigenvalue weighted by atomic mass is 15.2. The molecule has 0 radical (unpaired) electrons. The van der Waals surface area contributed by atoms with Crippen LogP contribution in [0.5, 0.6) is 0 Å². The lowest BCUT2D eigenvalue weighted by atomic mass is 9.70. The second kappa shape index (κ2) is 18.1. The van der Waals surface area contributed by atoms with Crippen LogP contribution >= 0.6 is 0 Å². The fraction of sp³-hybridized carbons (Fsp3) is 0.129. The summed E-state index contributed by atoms with van der Waals surface area (Å²) in [5, 5.41) is 0. The zero-order chi connectivity index (χ0) is 43.3. The standard InChI is InChI=1S/C62H54N2/c1-46-14-12-13-21-61(46)62(2)44-42-60(43-45-62)64(58-36-26-52(27-37-58)49-19-10-5-11-20-49)59-40-30-54(31-41-59)53-28-38-57(39-29-53)63(55-32-22-50(23-33-55)47-15-6-3-7-16-47)56-34-24-51(25-35-56)48-17-8-4-9-18-48/h3-13,15-40,42-44,46,59H,14,41,45H2,1-2H3. The minimum atomic E-state index is 0.0188. The topological polar surface area (TPSA) is 6.48 Å². The smallest absolute Gasteiger partial charge is 0.0560 e. The minimum absolute atomic E-state index is 0.0188. The van der Waals surface area contributed by atoms with Crippen LogP contribution in [0.4, 0.5) is 22.7 Å². The predicted molar refractivity (Wildman–Crippen MR) is 273 cm³/mol. The van der Waals surface area contributed by atoms with Gasteiger partial charge in [-0.05, 0) is 124 Å². The normalized spacial score (nSPS) is 19.1. The average Bonchev–Trinajstić information content (AvgIpc) is 3.37. The van der Waals surface area contributed by atoms with Crippen LogP contribution in [0.1, 0.15) is 38.7 Å². The Morgan fingerprint density at radius 1 is 0.469 bits per heavy atom. The summed E-state index contributed by atoms with van der Waals surface area (Å²) in [5.74, 6) is 0.552. The van der Waals surface area contributed by atoms with Gasteiger partial charge < -0.3 is 9.80 Å². The molecule has 7 aromatic carbocycles. The summed E-state index contributed by atoms with van der Waals surface area (Å²) < 4.78 is 0. The van der Waals surface area contributed by atoms with Gasteiger partial charge in [-0.3, -0.25) is 0 Å². The molecule has 2 nitrogen and oxygen atoms in total. The number of nitrogens with zero attached hydrogens (tertiary/aromatic N) is 2. The van der Waals surface area contributed by atoms with Crippen LogP contribution in [-0.2, 0) is 0 Å². The van der Waals surface area contributed by atoms with Crippen molar-refractivity contribution in [3.05, 3.63) is 260 Å². The van der Waals surface area contributed by atoms with E-state index in [0.29, 0.717) is 5.92 Å². The van der Waals surface area contributed by atoms with Crippen LogP contribution in [0, 0.1) is 11.3 Å². The lowest BCUT2D eigenvalue weighted by Crippen LogP contribution is -2.35. The molecule has 0 saturated carbocycles. The maximum atomic E-state index is 2.54. The monoisotopic (exact) mass is 826 g/mol. The summed E-state index contributed by atoms with van der Waals surface area (Å²) in [6.07, 6.45) is 24.3. The number of benzene rings is 7. The van der Waals surface area contributed by atoms with Gasteiger partial charge in [0.2, 0.25) is 0 Å². The van der Waals surface area contributed by atoms with Gasteiger partial charge in [-0.2, -0.15) is 0 Å².